The lowest BCUT2D eigenvalue weighted by molar-refractivity contribution is -0.140. The third-order valence-corrected chi connectivity index (χ3v) is 6.53. The average molecular weight is 458 g/mol. The molecule has 0 saturated carbocycles. The van der Waals surface area contributed by atoms with Gasteiger partial charge in [-0.3, -0.25) is 9.59 Å². The van der Waals surface area contributed by atoms with Gasteiger partial charge in [0.2, 0.25) is 0 Å². The normalized spacial score (nSPS) is 21.2. The van der Waals surface area contributed by atoms with Crippen molar-refractivity contribution in [2.24, 2.45) is 0 Å². The van der Waals surface area contributed by atoms with E-state index in [0.717, 1.165) is 28.9 Å². The maximum atomic E-state index is 13.2. The van der Waals surface area contributed by atoms with Crippen LogP contribution in [-0.4, -0.2) is 27.8 Å². The molecule has 3 heterocycles. The summed E-state index contributed by atoms with van der Waals surface area (Å²) in [5, 5.41) is 11.3. The number of aliphatic hydroxyl groups is 1. The van der Waals surface area contributed by atoms with Crippen molar-refractivity contribution in [3.05, 3.63) is 94.4 Å². The third kappa shape index (κ3) is 3.79. The van der Waals surface area contributed by atoms with Gasteiger partial charge in [0.15, 0.2) is 0 Å². The van der Waals surface area contributed by atoms with Gasteiger partial charge in [-0.05, 0) is 59.9 Å². The molecule has 2 aromatic carbocycles. The van der Waals surface area contributed by atoms with E-state index in [0.29, 0.717) is 17.2 Å². The van der Waals surface area contributed by atoms with Crippen molar-refractivity contribution in [3.8, 4) is 5.75 Å². The Balaban J connectivity index is 1.62. The highest BCUT2D eigenvalue weighted by molar-refractivity contribution is 6.46. The van der Waals surface area contributed by atoms with E-state index in [2.05, 4.69) is 13.8 Å². The first kappa shape index (κ1) is 22.0. The highest BCUT2D eigenvalue weighted by Crippen LogP contribution is 2.41. The number of fused-ring (bicyclic) bond motifs is 1. The second kappa shape index (κ2) is 8.52. The monoisotopic (exact) mass is 457 g/mol. The van der Waals surface area contributed by atoms with Crippen LogP contribution in [0.15, 0.2) is 70.9 Å². The van der Waals surface area contributed by atoms with Crippen molar-refractivity contribution < 1.29 is 23.8 Å². The number of carbonyl (C=O) groups is 2. The number of carbonyl (C=O) groups excluding carboxylic acids is 2. The second-order valence-electron chi connectivity index (χ2n) is 9.28. The summed E-state index contributed by atoms with van der Waals surface area (Å²) in [6.07, 6.45) is 2.32. The lowest BCUT2D eigenvalue weighted by atomic mass is 9.92. The Labute approximate surface area is 198 Å². The first-order valence-corrected chi connectivity index (χ1v) is 11.5. The zero-order valence-electron chi connectivity index (χ0n) is 19.4. The molecular weight excluding hydrogens is 430 g/mol. The molecule has 0 spiro atoms. The largest absolute Gasteiger partial charge is 0.507 e. The first-order chi connectivity index (χ1) is 16.3. The van der Waals surface area contributed by atoms with E-state index in [1.165, 1.54) is 11.2 Å². The van der Waals surface area contributed by atoms with Gasteiger partial charge in [0.25, 0.3) is 11.7 Å². The summed E-state index contributed by atoms with van der Waals surface area (Å²) < 4.78 is 11.2. The summed E-state index contributed by atoms with van der Waals surface area (Å²) in [4.78, 5) is 27.8. The molecule has 1 amide bonds. The summed E-state index contributed by atoms with van der Waals surface area (Å²) in [6.45, 7) is 6.33. The van der Waals surface area contributed by atoms with Crippen molar-refractivity contribution in [1.29, 1.82) is 0 Å². The minimum atomic E-state index is -0.727. The smallest absolute Gasteiger partial charge is 0.296 e. The van der Waals surface area contributed by atoms with Crippen LogP contribution in [0.2, 0.25) is 0 Å². The number of amides is 1. The van der Waals surface area contributed by atoms with Gasteiger partial charge in [0.05, 0.1) is 24.4 Å². The Bertz CT molecular complexity index is 1270. The fourth-order valence-corrected chi connectivity index (χ4v) is 4.75. The van der Waals surface area contributed by atoms with E-state index in [1.54, 1.807) is 24.3 Å². The molecule has 2 aliphatic heterocycles. The fraction of sp³-hybridized carbons (Fsp3) is 0.286. The summed E-state index contributed by atoms with van der Waals surface area (Å²) >= 11 is 0. The van der Waals surface area contributed by atoms with Crippen molar-refractivity contribution in [3.63, 3.8) is 0 Å². The summed E-state index contributed by atoms with van der Waals surface area (Å²) in [6, 6.07) is 16.0. The molecule has 6 nitrogen and oxygen atoms in total. The molecule has 0 bridgehead atoms. The Morgan fingerprint density at radius 3 is 2.56 bits per heavy atom. The SMILES string of the molecule is CC1Cc2cc(C(O)=C3C(=O)C(=O)N(Cc4ccco4)C3c3ccc(C(C)C)cc3)ccc2O1. The maximum Gasteiger partial charge on any atom is 0.296 e. The standard InChI is InChI=1S/C28H27NO5/c1-16(2)18-6-8-19(9-7-18)25-24(27(31)28(32)29(25)15-22-5-4-12-33-22)26(30)20-10-11-23-21(14-20)13-17(3)34-23/h4-12,14,16-17,25,30H,13,15H2,1-3H3. The van der Waals surface area contributed by atoms with E-state index in [4.69, 9.17) is 9.15 Å². The Morgan fingerprint density at radius 2 is 1.88 bits per heavy atom. The van der Waals surface area contributed by atoms with E-state index < -0.39 is 17.7 Å². The number of aliphatic hydroxyl groups excluding tert-OH is 1. The molecule has 1 N–H and O–H groups in total. The number of ketones is 1. The predicted molar refractivity (Wildman–Crippen MR) is 127 cm³/mol. The van der Waals surface area contributed by atoms with E-state index >= 15 is 0 Å². The summed E-state index contributed by atoms with van der Waals surface area (Å²) in [7, 11) is 0. The number of ether oxygens (including phenoxy) is 1. The topological polar surface area (TPSA) is 80.0 Å². The van der Waals surface area contributed by atoms with Crippen molar-refractivity contribution >= 4 is 17.4 Å². The van der Waals surface area contributed by atoms with Crippen LogP contribution in [0.5, 0.6) is 5.75 Å². The van der Waals surface area contributed by atoms with Crippen molar-refractivity contribution in [2.45, 2.75) is 51.8 Å². The average Bonchev–Trinajstić information content (AvgIpc) is 3.53. The molecule has 2 unspecified atom stereocenters. The van der Waals surface area contributed by atoms with Crippen LogP contribution >= 0.6 is 0 Å². The van der Waals surface area contributed by atoms with Crippen LogP contribution in [0.1, 0.15) is 60.7 Å². The maximum absolute atomic E-state index is 13.2. The molecule has 34 heavy (non-hydrogen) atoms. The Hall–Kier alpha value is -3.80. The van der Waals surface area contributed by atoms with E-state index in [-0.39, 0.29) is 24.0 Å². The summed E-state index contributed by atoms with van der Waals surface area (Å²) in [5.74, 6) is 0.152. The molecule has 2 aliphatic rings. The molecule has 0 radical (unpaired) electrons. The minimum Gasteiger partial charge on any atom is -0.507 e. The molecule has 6 heteroatoms. The zero-order valence-corrected chi connectivity index (χ0v) is 19.4. The highest BCUT2D eigenvalue weighted by atomic mass is 16.5. The number of furan rings is 1. The van der Waals surface area contributed by atoms with Gasteiger partial charge in [0, 0.05) is 12.0 Å². The molecule has 0 aliphatic carbocycles. The van der Waals surface area contributed by atoms with Crippen LogP contribution in [0.4, 0.5) is 0 Å². The van der Waals surface area contributed by atoms with Gasteiger partial charge in [-0.15, -0.1) is 0 Å². The fourth-order valence-electron chi connectivity index (χ4n) is 4.75. The van der Waals surface area contributed by atoms with Crippen LogP contribution in [-0.2, 0) is 22.6 Å². The number of benzene rings is 2. The highest BCUT2D eigenvalue weighted by Gasteiger charge is 2.46. The lowest BCUT2D eigenvalue weighted by Gasteiger charge is -2.25. The molecule has 1 fully saturated rings. The third-order valence-electron chi connectivity index (χ3n) is 6.53. The van der Waals surface area contributed by atoms with Crippen molar-refractivity contribution in [2.75, 3.05) is 0 Å². The van der Waals surface area contributed by atoms with Gasteiger partial charge in [-0.25, -0.2) is 0 Å². The van der Waals surface area contributed by atoms with Gasteiger partial charge in [-0.2, -0.15) is 0 Å². The number of Topliss-reactive ketones (excluding diaryl/α,β-unsaturated/α-hetero) is 1. The van der Waals surface area contributed by atoms with Gasteiger partial charge in [-0.1, -0.05) is 38.1 Å². The van der Waals surface area contributed by atoms with Crippen LogP contribution in [0, 0.1) is 0 Å². The predicted octanol–water partition coefficient (Wildman–Crippen LogP) is 5.35. The minimum absolute atomic E-state index is 0.0609. The number of likely N-dealkylation sites (tertiary alicyclic amines) is 1. The van der Waals surface area contributed by atoms with Crippen LogP contribution in [0.3, 0.4) is 0 Å². The van der Waals surface area contributed by atoms with Crippen LogP contribution < -0.4 is 4.74 Å². The second-order valence-corrected chi connectivity index (χ2v) is 9.28. The lowest BCUT2D eigenvalue weighted by Crippen LogP contribution is -2.29. The quantitative estimate of drug-likeness (QED) is 0.317. The van der Waals surface area contributed by atoms with E-state index in [9.17, 15) is 14.7 Å². The number of rotatable bonds is 5. The molecule has 5 rings (SSSR count). The Morgan fingerprint density at radius 1 is 1.12 bits per heavy atom. The molecule has 1 aromatic heterocycles. The van der Waals surface area contributed by atoms with E-state index in [1.807, 2.05) is 37.3 Å². The molecule has 174 valence electrons. The number of nitrogens with zero attached hydrogens (tertiary/aromatic N) is 1. The van der Waals surface area contributed by atoms with Gasteiger partial charge in [0.1, 0.15) is 23.4 Å². The van der Waals surface area contributed by atoms with Crippen molar-refractivity contribution in [1.82, 2.24) is 4.90 Å². The zero-order chi connectivity index (χ0) is 24.0. The molecular formula is C28H27NO5. The Kier molecular flexibility index (Phi) is 5.52. The number of hydrogen-bond acceptors (Lipinski definition) is 5. The van der Waals surface area contributed by atoms with Gasteiger partial charge >= 0.3 is 0 Å². The number of hydrogen-bond donors (Lipinski definition) is 1. The molecule has 2 atom stereocenters. The van der Waals surface area contributed by atoms with Gasteiger partial charge < -0.3 is 19.2 Å². The summed E-state index contributed by atoms with van der Waals surface area (Å²) in [5.41, 5.74) is 3.46. The molecule has 3 aromatic rings. The van der Waals surface area contributed by atoms with Crippen LogP contribution in [0.25, 0.3) is 5.76 Å². The molecule has 1 saturated heterocycles. The first-order valence-electron chi connectivity index (χ1n) is 11.5.